The van der Waals surface area contributed by atoms with E-state index in [0.29, 0.717) is 0 Å². The minimum atomic E-state index is -0.714. The van der Waals surface area contributed by atoms with E-state index in [1.54, 1.807) is 6.92 Å². The van der Waals surface area contributed by atoms with Gasteiger partial charge < -0.3 is 5.11 Å². The van der Waals surface area contributed by atoms with Crippen LogP contribution in [0.15, 0.2) is 30.3 Å². The third-order valence-corrected chi connectivity index (χ3v) is 2.64. The van der Waals surface area contributed by atoms with Gasteiger partial charge in [-0.1, -0.05) is 44.2 Å². The lowest BCUT2D eigenvalue weighted by Crippen LogP contribution is -2.19. The second kappa shape index (κ2) is 4.80. The number of carbonyl (C=O) groups is 1. The SMILES string of the molecule is CC(Cc1ccccc1)C(C)C(=O)O. The number of hydrogen-bond acceptors (Lipinski definition) is 1. The Hall–Kier alpha value is -1.31. The van der Waals surface area contributed by atoms with Crippen molar-refractivity contribution in [1.29, 1.82) is 0 Å². The van der Waals surface area contributed by atoms with Crippen LogP contribution in [0.25, 0.3) is 0 Å². The summed E-state index contributed by atoms with van der Waals surface area (Å²) < 4.78 is 0. The van der Waals surface area contributed by atoms with Gasteiger partial charge in [0.2, 0.25) is 0 Å². The fourth-order valence-corrected chi connectivity index (χ4v) is 1.41. The molecule has 2 nitrogen and oxygen atoms in total. The first kappa shape index (κ1) is 10.8. The van der Waals surface area contributed by atoms with Gasteiger partial charge in [0.1, 0.15) is 0 Å². The Morgan fingerprint density at radius 3 is 2.36 bits per heavy atom. The van der Waals surface area contributed by atoms with Gasteiger partial charge in [-0.3, -0.25) is 4.79 Å². The highest BCUT2D eigenvalue weighted by Crippen LogP contribution is 2.16. The van der Waals surface area contributed by atoms with Crippen LogP contribution in [0, 0.1) is 11.8 Å². The molecule has 14 heavy (non-hydrogen) atoms. The molecule has 0 bridgehead atoms. The van der Waals surface area contributed by atoms with Crippen molar-refractivity contribution < 1.29 is 9.90 Å². The molecule has 0 amide bonds. The number of carboxylic acid groups (broad SMARTS) is 1. The summed E-state index contributed by atoms with van der Waals surface area (Å²) >= 11 is 0. The highest BCUT2D eigenvalue weighted by Gasteiger charge is 2.19. The third kappa shape index (κ3) is 2.87. The van der Waals surface area contributed by atoms with Crippen molar-refractivity contribution in [3.8, 4) is 0 Å². The summed E-state index contributed by atoms with van der Waals surface area (Å²) in [6.45, 7) is 3.74. The maximum atomic E-state index is 10.7. The van der Waals surface area contributed by atoms with E-state index in [9.17, 15) is 4.79 Å². The maximum Gasteiger partial charge on any atom is 0.306 e. The Labute approximate surface area is 84.6 Å². The minimum absolute atomic E-state index is 0.176. The molecule has 0 radical (unpaired) electrons. The molecule has 2 unspecified atom stereocenters. The van der Waals surface area contributed by atoms with E-state index in [1.165, 1.54) is 5.56 Å². The lowest BCUT2D eigenvalue weighted by molar-refractivity contribution is -0.142. The van der Waals surface area contributed by atoms with E-state index in [2.05, 4.69) is 0 Å². The summed E-state index contributed by atoms with van der Waals surface area (Å²) in [7, 11) is 0. The fourth-order valence-electron chi connectivity index (χ4n) is 1.41. The Morgan fingerprint density at radius 1 is 1.29 bits per heavy atom. The lowest BCUT2D eigenvalue weighted by Gasteiger charge is -2.15. The Morgan fingerprint density at radius 2 is 1.86 bits per heavy atom. The van der Waals surface area contributed by atoms with Crippen LogP contribution in [0.4, 0.5) is 0 Å². The number of hydrogen-bond donors (Lipinski definition) is 1. The maximum absolute atomic E-state index is 10.7. The molecule has 0 fully saturated rings. The molecule has 1 aromatic rings. The summed E-state index contributed by atoms with van der Waals surface area (Å²) in [6.07, 6.45) is 0.828. The van der Waals surface area contributed by atoms with Gasteiger partial charge in [-0.15, -0.1) is 0 Å². The molecule has 2 atom stereocenters. The smallest absolute Gasteiger partial charge is 0.306 e. The van der Waals surface area contributed by atoms with Crippen molar-refractivity contribution in [2.75, 3.05) is 0 Å². The Bertz CT molecular complexity index is 292. The van der Waals surface area contributed by atoms with E-state index in [-0.39, 0.29) is 11.8 Å². The van der Waals surface area contributed by atoms with Gasteiger partial charge in [-0.2, -0.15) is 0 Å². The van der Waals surface area contributed by atoms with Gasteiger partial charge in [0.25, 0.3) is 0 Å². The number of rotatable bonds is 4. The van der Waals surface area contributed by atoms with Gasteiger partial charge >= 0.3 is 5.97 Å². The first-order valence-corrected chi connectivity index (χ1v) is 4.88. The third-order valence-electron chi connectivity index (χ3n) is 2.64. The zero-order valence-electron chi connectivity index (χ0n) is 8.60. The van der Waals surface area contributed by atoms with Crippen LogP contribution in [0.1, 0.15) is 19.4 Å². The van der Waals surface area contributed by atoms with E-state index < -0.39 is 5.97 Å². The van der Waals surface area contributed by atoms with E-state index >= 15 is 0 Å². The molecule has 0 heterocycles. The molecule has 1 N–H and O–H groups in total. The molecule has 2 heteroatoms. The largest absolute Gasteiger partial charge is 0.481 e. The van der Waals surface area contributed by atoms with Crippen LogP contribution in [0.2, 0.25) is 0 Å². The Balaban J connectivity index is 2.57. The summed E-state index contributed by atoms with van der Waals surface area (Å²) in [6, 6.07) is 9.99. The van der Waals surface area contributed by atoms with Crippen LogP contribution >= 0.6 is 0 Å². The van der Waals surface area contributed by atoms with Crippen molar-refractivity contribution in [2.45, 2.75) is 20.3 Å². The molecule has 0 spiro atoms. The molecule has 1 aromatic carbocycles. The Kier molecular flexibility index (Phi) is 3.69. The van der Waals surface area contributed by atoms with Gasteiger partial charge in [-0.05, 0) is 17.9 Å². The standard InChI is InChI=1S/C12H16O2/c1-9(10(2)12(13)14)8-11-6-4-3-5-7-11/h3-7,9-10H,8H2,1-2H3,(H,13,14). The monoisotopic (exact) mass is 192 g/mol. The van der Waals surface area contributed by atoms with Crippen LogP contribution in [0.3, 0.4) is 0 Å². The average Bonchev–Trinajstić information content (AvgIpc) is 2.18. The first-order valence-electron chi connectivity index (χ1n) is 4.88. The summed E-state index contributed by atoms with van der Waals surface area (Å²) in [5, 5.41) is 8.83. The van der Waals surface area contributed by atoms with Gasteiger partial charge in [0, 0.05) is 0 Å². The second-order valence-electron chi connectivity index (χ2n) is 3.79. The average molecular weight is 192 g/mol. The molecule has 0 saturated heterocycles. The van der Waals surface area contributed by atoms with Gasteiger partial charge in [0.05, 0.1) is 5.92 Å². The summed E-state index contributed by atoms with van der Waals surface area (Å²) in [4.78, 5) is 10.7. The molecule has 0 saturated carbocycles. The molecule has 76 valence electrons. The van der Waals surface area contributed by atoms with Gasteiger partial charge in [0.15, 0.2) is 0 Å². The highest BCUT2D eigenvalue weighted by atomic mass is 16.4. The predicted molar refractivity (Wildman–Crippen MR) is 56.1 cm³/mol. The van der Waals surface area contributed by atoms with Crippen LogP contribution in [-0.2, 0) is 11.2 Å². The van der Waals surface area contributed by atoms with Crippen molar-refractivity contribution in [3.63, 3.8) is 0 Å². The van der Waals surface area contributed by atoms with Crippen molar-refractivity contribution in [2.24, 2.45) is 11.8 Å². The molecule has 1 rings (SSSR count). The molecule has 0 aromatic heterocycles. The van der Waals surface area contributed by atoms with Gasteiger partial charge in [-0.25, -0.2) is 0 Å². The molecular weight excluding hydrogens is 176 g/mol. The molecule has 0 aliphatic carbocycles. The molecular formula is C12H16O2. The van der Waals surface area contributed by atoms with Crippen molar-refractivity contribution >= 4 is 5.97 Å². The number of aliphatic carboxylic acids is 1. The second-order valence-corrected chi connectivity index (χ2v) is 3.79. The van der Waals surface area contributed by atoms with E-state index in [1.807, 2.05) is 37.3 Å². The lowest BCUT2D eigenvalue weighted by atomic mass is 9.90. The van der Waals surface area contributed by atoms with Crippen LogP contribution < -0.4 is 0 Å². The topological polar surface area (TPSA) is 37.3 Å². The quantitative estimate of drug-likeness (QED) is 0.796. The van der Waals surface area contributed by atoms with E-state index in [0.717, 1.165) is 6.42 Å². The van der Waals surface area contributed by atoms with E-state index in [4.69, 9.17) is 5.11 Å². The van der Waals surface area contributed by atoms with Crippen molar-refractivity contribution in [3.05, 3.63) is 35.9 Å². The summed E-state index contributed by atoms with van der Waals surface area (Å²) in [5.74, 6) is -0.821. The molecule has 0 aliphatic heterocycles. The van der Waals surface area contributed by atoms with Crippen molar-refractivity contribution in [1.82, 2.24) is 0 Å². The number of carboxylic acids is 1. The zero-order valence-corrected chi connectivity index (χ0v) is 8.60. The zero-order chi connectivity index (χ0) is 10.6. The normalized spacial score (nSPS) is 14.7. The summed E-state index contributed by atoms with van der Waals surface area (Å²) in [5.41, 5.74) is 1.20. The van der Waals surface area contributed by atoms with Crippen LogP contribution in [-0.4, -0.2) is 11.1 Å². The highest BCUT2D eigenvalue weighted by molar-refractivity contribution is 5.69. The van der Waals surface area contributed by atoms with Crippen LogP contribution in [0.5, 0.6) is 0 Å². The predicted octanol–water partition coefficient (Wildman–Crippen LogP) is 2.59. The molecule has 0 aliphatic rings. The minimum Gasteiger partial charge on any atom is -0.481 e. The number of benzene rings is 1. The fraction of sp³-hybridized carbons (Fsp3) is 0.417. The first-order chi connectivity index (χ1) is 6.61.